The van der Waals surface area contributed by atoms with Gasteiger partial charge in [-0.05, 0) is 42.7 Å². The SMILES string of the molecule is COc1ccccc1CCC(=O)Nc1ccc2c(C)cc(=O)oc2c1. The van der Waals surface area contributed by atoms with Crippen LogP contribution in [0.3, 0.4) is 0 Å². The normalized spacial score (nSPS) is 10.6. The van der Waals surface area contributed by atoms with E-state index in [1.165, 1.54) is 6.07 Å². The van der Waals surface area contributed by atoms with Crippen molar-refractivity contribution in [1.29, 1.82) is 0 Å². The number of hydrogen-bond acceptors (Lipinski definition) is 4. The molecule has 1 heterocycles. The summed E-state index contributed by atoms with van der Waals surface area (Å²) in [6.45, 7) is 1.85. The van der Waals surface area contributed by atoms with Crippen LogP contribution in [0.15, 0.2) is 57.7 Å². The number of benzene rings is 2. The van der Waals surface area contributed by atoms with E-state index in [9.17, 15) is 9.59 Å². The number of methoxy groups -OCH3 is 1. The Hall–Kier alpha value is -3.08. The van der Waals surface area contributed by atoms with E-state index in [1.54, 1.807) is 19.2 Å². The van der Waals surface area contributed by atoms with Crippen LogP contribution in [0.1, 0.15) is 17.5 Å². The van der Waals surface area contributed by atoms with Gasteiger partial charge in [-0.25, -0.2) is 4.79 Å². The number of hydrogen-bond donors (Lipinski definition) is 1. The lowest BCUT2D eigenvalue weighted by Crippen LogP contribution is -2.12. The van der Waals surface area contributed by atoms with Crippen LogP contribution >= 0.6 is 0 Å². The fourth-order valence-corrected chi connectivity index (χ4v) is 2.78. The number of aryl methyl sites for hydroxylation is 2. The van der Waals surface area contributed by atoms with E-state index in [2.05, 4.69) is 5.32 Å². The Morgan fingerprint density at radius 2 is 1.96 bits per heavy atom. The molecule has 5 heteroatoms. The van der Waals surface area contributed by atoms with Crippen LogP contribution in [0.4, 0.5) is 5.69 Å². The standard InChI is InChI=1S/C20H19NO4/c1-13-11-20(23)25-18-12-15(8-9-16(13)18)21-19(22)10-7-14-5-3-4-6-17(14)24-2/h3-6,8-9,11-12H,7,10H2,1-2H3,(H,21,22). The summed E-state index contributed by atoms with van der Waals surface area (Å²) in [7, 11) is 1.61. The molecule has 3 aromatic rings. The molecule has 0 fully saturated rings. The van der Waals surface area contributed by atoms with Crippen molar-refractivity contribution in [3.8, 4) is 5.75 Å². The number of nitrogens with one attached hydrogen (secondary N) is 1. The van der Waals surface area contributed by atoms with Crippen molar-refractivity contribution in [2.24, 2.45) is 0 Å². The number of rotatable bonds is 5. The van der Waals surface area contributed by atoms with Crippen LogP contribution in [0.2, 0.25) is 0 Å². The Labute approximate surface area is 145 Å². The van der Waals surface area contributed by atoms with Crippen LogP contribution < -0.4 is 15.7 Å². The van der Waals surface area contributed by atoms with Crippen molar-refractivity contribution < 1.29 is 13.9 Å². The summed E-state index contributed by atoms with van der Waals surface area (Å²) in [4.78, 5) is 23.7. The third kappa shape index (κ3) is 3.88. The van der Waals surface area contributed by atoms with Crippen molar-refractivity contribution in [2.45, 2.75) is 19.8 Å². The van der Waals surface area contributed by atoms with Gasteiger partial charge < -0.3 is 14.5 Å². The minimum Gasteiger partial charge on any atom is -0.496 e. The predicted octanol–water partition coefficient (Wildman–Crippen LogP) is 3.68. The molecule has 0 spiro atoms. The maximum Gasteiger partial charge on any atom is 0.336 e. The van der Waals surface area contributed by atoms with Gasteiger partial charge in [0.05, 0.1) is 7.11 Å². The lowest BCUT2D eigenvalue weighted by Gasteiger charge is -2.09. The van der Waals surface area contributed by atoms with Gasteiger partial charge in [0.15, 0.2) is 0 Å². The van der Waals surface area contributed by atoms with Crippen molar-refractivity contribution in [3.63, 3.8) is 0 Å². The van der Waals surface area contributed by atoms with E-state index in [4.69, 9.17) is 9.15 Å². The molecule has 0 aliphatic carbocycles. The quantitative estimate of drug-likeness (QED) is 0.721. The minimum absolute atomic E-state index is 0.111. The smallest absolute Gasteiger partial charge is 0.336 e. The molecule has 1 N–H and O–H groups in total. The lowest BCUT2D eigenvalue weighted by molar-refractivity contribution is -0.116. The molecule has 0 saturated heterocycles. The number of ether oxygens (including phenoxy) is 1. The number of anilines is 1. The Morgan fingerprint density at radius 1 is 1.16 bits per heavy atom. The van der Waals surface area contributed by atoms with Crippen LogP contribution in [-0.2, 0) is 11.2 Å². The Kier molecular flexibility index (Phi) is 4.84. The van der Waals surface area contributed by atoms with Crippen LogP contribution in [0, 0.1) is 6.92 Å². The molecular weight excluding hydrogens is 318 g/mol. The third-order valence-corrected chi connectivity index (χ3v) is 4.05. The van der Waals surface area contributed by atoms with Gasteiger partial charge in [-0.15, -0.1) is 0 Å². The molecule has 0 saturated carbocycles. The Bertz CT molecular complexity index is 975. The Balaban J connectivity index is 1.70. The van der Waals surface area contributed by atoms with Crippen LogP contribution in [0.25, 0.3) is 11.0 Å². The van der Waals surface area contributed by atoms with Crippen LogP contribution in [-0.4, -0.2) is 13.0 Å². The fraction of sp³-hybridized carbons (Fsp3) is 0.200. The molecule has 0 unspecified atom stereocenters. The van der Waals surface area contributed by atoms with Crippen molar-refractivity contribution in [1.82, 2.24) is 0 Å². The van der Waals surface area contributed by atoms with Gasteiger partial charge in [0.25, 0.3) is 0 Å². The van der Waals surface area contributed by atoms with Gasteiger partial charge in [-0.3, -0.25) is 4.79 Å². The van der Waals surface area contributed by atoms with E-state index in [-0.39, 0.29) is 5.91 Å². The second-order valence-corrected chi connectivity index (χ2v) is 5.82. The van der Waals surface area contributed by atoms with Gasteiger partial charge >= 0.3 is 5.63 Å². The molecule has 25 heavy (non-hydrogen) atoms. The van der Waals surface area contributed by atoms with Crippen LogP contribution in [0.5, 0.6) is 5.75 Å². The molecule has 3 rings (SSSR count). The van der Waals surface area contributed by atoms with E-state index < -0.39 is 5.63 Å². The minimum atomic E-state index is -0.398. The highest BCUT2D eigenvalue weighted by atomic mass is 16.5. The van der Waals surface area contributed by atoms with E-state index >= 15 is 0 Å². The first kappa shape index (κ1) is 16.8. The van der Waals surface area contributed by atoms with E-state index in [0.717, 1.165) is 22.3 Å². The highest BCUT2D eigenvalue weighted by Gasteiger charge is 2.08. The first-order chi connectivity index (χ1) is 12.1. The summed E-state index contributed by atoms with van der Waals surface area (Å²) in [5, 5.41) is 3.69. The van der Waals surface area contributed by atoms with Crippen molar-refractivity contribution in [2.75, 3.05) is 12.4 Å². The summed E-state index contributed by atoms with van der Waals surface area (Å²) in [6, 6.07) is 14.4. The number of amides is 1. The summed E-state index contributed by atoms with van der Waals surface area (Å²) < 4.78 is 10.5. The summed E-state index contributed by atoms with van der Waals surface area (Å²) in [6.07, 6.45) is 0.911. The zero-order valence-electron chi connectivity index (χ0n) is 14.2. The third-order valence-electron chi connectivity index (χ3n) is 4.05. The zero-order chi connectivity index (χ0) is 17.8. The molecule has 1 amide bonds. The molecule has 0 aliphatic rings. The first-order valence-corrected chi connectivity index (χ1v) is 8.03. The molecule has 5 nitrogen and oxygen atoms in total. The van der Waals surface area contributed by atoms with Gasteiger partial charge in [-0.2, -0.15) is 0 Å². The zero-order valence-corrected chi connectivity index (χ0v) is 14.2. The maximum atomic E-state index is 12.2. The molecule has 0 bridgehead atoms. The fourth-order valence-electron chi connectivity index (χ4n) is 2.78. The highest BCUT2D eigenvalue weighted by Crippen LogP contribution is 2.22. The first-order valence-electron chi connectivity index (χ1n) is 8.03. The average molecular weight is 337 g/mol. The topological polar surface area (TPSA) is 68.5 Å². The van der Waals surface area contributed by atoms with Gasteiger partial charge in [0.2, 0.25) is 5.91 Å². The predicted molar refractivity (Wildman–Crippen MR) is 97.2 cm³/mol. The molecule has 2 aromatic carbocycles. The maximum absolute atomic E-state index is 12.2. The number of carbonyl (C=O) groups excluding carboxylic acids is 1. The molecule has 128 valence electrons. The monoisotopic (exact) mass is 337 g/mol. The van der Waals surface area contributed by atoms with E-state index in [0.29, 0.717) is 24.1 Å². The van der Waals surface area contributed by atoms with Gasteiger partial charge in [-0.1, -0.05) is 18.2 Å². The lowest BCUT2D eigenvalue weighted by atomic mass is 10.1. The highest BCUT2D eigenvalue weighted by molar-refractivity contribution is 5.93. The van der Waals surface area contributed by atoms with Crippen molar-refractivity contribution >= 4 is 22.6 Å². The van der Waals surface area contributed by atoms with E-state index in [1.807, 2.05) is 37.3 Å². The second-order valence-electron chi connectivity index (χ2n) is 5.82. The van der Waals surface area contributed by atoms with Gasteiger partial charge in [0, 0.05) is 29.6 Å². The Morgan fingerprint density at radius 3 is 2.76 bits per heavy atom. The summed E-state index contributed by atoms with van der Waals surface area (Å²) >= 11 is 0. The molecule has 0 radical (unpaired) electrons. The largest absolute Gasteiger partial charge is 0.496 e. The molecule has 1 aromatic heterocycles. The molecular formula is C20H19NO4. The average Bonchev–Trinajstić information content (AvgIpc) is 2.59. The summed E-state index contributed by atoms with van der Waals surface area (Å²) in [5.41, 5.74) is 2.50. The summed E-state index contributed by atoms with van der Waals surface area (Å²) in [5.74, 6) is 0.665. The number of carbonyl (C=O) groups is 1. The number of para-hydroxylation sites is 1. The van der Waals surface area contributed by atoms with Crippen molar-refractivity contribution in [3.05, 3.63) is 70.1 Å². The number of fused-ring (bicyclic) bond motifs is 1. The second kappa shape index (κ2) is 7.21. The molecule has 0 atom stereocenters. The van der Waals surface area contributed by atoms with Gasteiger partial charge in [0.1, 0.15) is 11.3 Å². The molecule has 0 aliphatic heterocycles.